The minimum atomic E-state index is 0.598. The average molecular weight is 361 g/mol. The second-order valence-corrected chi connectivity index (χ2v) is 7.87. The molecule has 2 aliphatic rings. The Labute approximate surface area is 154 Å². The normalized spacial score (nSPS) is 23.2. The van der Waals surface area contributed by atoms with Crippen LogP contribution in [0.4, 0.5) is 5.69 Å². The third kappa shape index (κ3) is 3.03. The molecule has 0 saturated carbocycles. The van der Waals surface area contributed by atoms with Crippen LogP contribution in [0, 0.1) is 0 Å². The van der Waals surface area contributed by atoms with Crippen LogP contribution in [0.1, 0.15) is 23.5 Å². The SMILES string of the molecule is CN1CCC2C(C1)c1ccc(Cl)cc1N2CCc1ccc(Cl)cc1. The predicted molar refractivity (Wildman–Crippen MR) is 103 cm³/mol. The van der Waals surface area contributed by atoms with E-state index >= 15 is 0 Å². The average Bonchev–Trinajstić information content (AvgIpc) is 2.86. The number of likely N-dealkylation sites (N-methyl/N-ethyl adjacent to an activating group) is 1. The summed E-state index contributed by atoms with van der Waals surface area (Å²) in [6, 6.07) is 15.2. The first-order chi connectivity index (χ1) is 11.6. The van der Waals surface area contributed by atoms with Crippen molar-refractivity contribution in [3.8, 4) is 0 Å². The van der Waals surface area contributed by atoms with Crippen molar-refractivity contribution in [2.75, 3.05) is 31.6 Å². The number of hydrogen-bond donors (Lipinski definition) is 0. The number of likely N-dealkylation sites (tertiary alicyclic amines) is 1. The Morgan fingerprint density at radius 1 is 1.04 bits per heavy atom. The minimum Gasteiger partial charge on any atom is -0.367 e. The van der Waals surface area contributed by atoms with Crippen molar-refractivity contribution in [3.05, 3.63) is 63.6 Å². The van der Waals surface area contributed by atoms with E-state index in [1.54, 1.807) is 0 Å². The number of anilines is 1. The first kappa shape index (κ1) is 16.3. The molecule has 2 atom stereocenters. The molecule has 0 amide bonds. The summed E-state index contributed by atoms with van der Waals surface area (Å²) in [6.45, 7) is 3.33. The summed E-state index contributed by atoms with van der Waals surface area (Å²) in [5.41, 5.74) is 4.13. The van der Waals surface area contributed by atoms with E-state index in [0.29, 0.717) is 12.0 Å². The summed E-state index contributed by atoms with van der Waals surface area (Å²) in [5, 5.41) is 1.63. The molecule has 0 aliphatic carbocycles. The van der Waals surface area contributed by atoms with Crippen molar-refractivity contribution in [1.82, 2.24) is 4.90 Å². The molecule has 0 radical (unpaired) electrons. The van der Waals surface area contributed by atoms with Gasteiger partial charge >= 0.3 is 0 Å². The van der Waals surface area contributed by atoms with Crippen molar-refractivity contribution in [2.45, 2.75) is 24.8 Å². The lowest BCUT2D eigenvalue weighted by atomic mass is 9.89. The van der Waals surface area contributed by atoms with Crippen LogP contribution in [-0.2, 0) is 6.42 Å². The topological polar surface area (TPSA) is 6.48 Å². The Morgan fingerprint density at radius 2 is 1.79 bits per heavy atom. The van der Waals surface area contributed by atoms with Gasteiger partial charge in [-0.05, 0) is 61.8 Å². The Balaban J connectivity index is 1.59. The molecule has 0 bridgehead atoms. The number of nitrogens with zero attached hydrogens (tertiary/aromatic N) is 2. The molecule has 1 fully saturated rings. The summed E-state index contributed by atoms with van der Waals surface area (Å²) in [7, 11) is 2.22. The Morgan fingerprint density at radius 3 is 2.58 bits per heavy atom. The summed E-state index contributed by atoms with van der Waals surface area (Å²) in [4.78, 5) is 5.04. The van der Waals surface area contributed by atoms with Gasteiger partial charge in [0.25, 0.3) is 0 Å². The Bertz CT molecular complexity index is 729. The van der Waals surface area contributed by atoms with Gasteiger partial charge in [0.05, 0.1) is 0 Å². The zero-order valence-corrected chi connectivity index (χ0v) is 15.4. The van der Waals surface area contributed by atoms with Gasteiger partial charge < -0.3 is 9.80 Å². The van der Waals surface area contributed by atoms with Crippen molar-refractivity contribution in [2.24, 2.45) is 0 Å². The highest BCUT2D eigenvalue weighted by Gasteiger charge is 2.40. The number of piperidine rings is 1. The molecule has 1 saturated heterocycles. The highest BCUT2D eigenvalue weighted by molar-refractivity contribution is 6.31. The van der Waals surface area contributed by atoms with Crippen LogP contribution in [0.25, 0.3) is 0 Å². The standard InChI is InChI=1S/C20H22Cl2N2/c1-23-10-9-19-18(13-23)17-7-6-16(22)12-20(17)24(19)11-8-14-2-4-15(21)5-3-14/h2-7,12,18-19H,8-11,13H2,1H3. The predicted octanol–water partition coefficient (Wildman–Crippen LogP) is 4.84. The van der Waals surface area contributed by atoms with Crippen LogP contribution in [0.3, 0.4) is 0 Å². The van der Waals surface area contributed by atoms with Gasteiger partial charge in [-0.1, -0.05) is 41.4 Å². The van der Waals surface area contributed by atoms with Crippen LogP contribution in [0.5, 0.6) is 0 Å². The lowest BCUT2D eigenvalue weighted by Crippen LogP contribution is -2.45. The molecular weight excluding hydrogens is 339 g/mol. The van der Waals surface area contributed by atoms with E-state index in [1.807, 2.05) is 18.2 Å². The monoisotopic (exact) mass is 360 g/mol. The van der Waals surface area contributed by atoms with Gasteiger partial charge in [0.2, 0.25) is 0 Å². The van der Waals surface area contributed by atoms with Gasteiger partial charge in [0.1, 0.15) is 0 Å². The van der Waals surface area contributed by atoms with E-state index in [2.05, 4.69) is 41.1 Å². The van der Waals surface area contributed by atoms with Gasteiger partial charge in [0, 0.05) is 40.8 Å². The van der Waals surface area contributed by atoms with Gasteiger partial charge in [-0.2, -0.15) is 0 Å². The van der Waals surface area contributed by atoms with E-state index in [9.17, 15) is 0 Å². The fraction of sp³-hybridized carbons (Fsp3) is 0.400. The van der Waals surface area contributed by atoms with E-state index < -0.39 is 0 Å². The first-order valence-corrected chi connectivity index (χ1v) is 9.36. The van der Waals surface area contributed by atoms with Crippen LogP contribution in [0.15, 0.2) is 42.5 Å². The van der Waals surface area contributed by atoms with Gasteiger partial charge in [0.15, 0.2) is 0 Å². The van der Waals surface area contributed by atoms with Crippen molar-refractivity contribution in [3.63, 3.8) is 0 Å². The molecule has 2 aliphatic heterocycles. The van der Waals surface area contributed by atoms with Gasteiger partial charge in [-0.15, -0.1) is 0 Å². The minimum absolute atomic E-state index is 0.598. The summed E-state index contributed by atoms with van der Waals surface area (Å²) < 4.78 is 0. The maximum atomic E-state index is 6.30. The molecule has 24 heavy (non-hydrogen) atoms. The molecule has 4 heteroatoms. The van der Waals surface area contributed by atoms with Gasteiger partial charge in [-0.3, -0.25) is 0 Å². The molecule has 2 unspecified atom stereocenters. The molecule has 2 aromatic rings. The Hall–Kier alpha value is -1.22. The summed E-state index contributed by atoms with van der Waals surface area (Å²) >= 11 is 12.3. The van der Waals surface area contributed by atoms with E-state index in [-0.39, 0.29) is 0 Å². The smallest absolute Gasteiger partial charge is 0.0426 e. The molecule has 0 spiro atoms. The summed E-state index contributed by atoms with van der Waals surface area (Å²) in [6.07, 6.45) is 2.25. The molecular formula is C20H22Cl2N2. The summed E-state index contributed by atoms with van der Waals surface area (Å²) in [5.74, 6) is 0.598. The molecule has 0 N–H and O–H groups in total. The van der Waals surface area contributed by atoms with Crippen LogP contribution >= 0.6 is 23.2 Å². The number of halogens is 2. The van der Waals surface area contributed by atoms with E-state index in [0.717, 1.165) is 29.6 Å². The van der Waals surface area contributed by atoms with Crippen molar-refractivity contribution < 1.29 is 0 Å². The highest BCUT2D eigenvalue weighted by atomic mass is 35.5. The zero-order valence-electron chi connectivity index (χ0n) is 13.9. The van der Waals surface area contributed by atoms with E-state index in [4.69, 9.17) is 23.2 Å². The number of rotatable bonds is 3. The molecule has 4 rings (SSSR count). The van der Waals surface area contributed by atoms with Crippen LogP contribution < -0.4 is 4.90 Å². The van der Waals surface area contributed by atoms with Crippen molar-refractivity contribution in [1.29, 1.82) is 0 Å². The molecule has 126 valence electrons. The fourth-order valence-electron chi connectivity index (χ4n) is 4.23. The second-order valence-electron chi connectivity index (χ2n) is 7.00. The lowest BCUT2D eigenvalue weighted by molar-refractivity contribution is 0.231. The third-order valence-electron chi connectivity index (χ3n) is 5.44. The number of fused-ring (bicyclic) bond motifs is 3. The molecule has 2 aromatic carbocycles. The van der Waals surface area contributed by atoms with Crippen LogP contribution in [0.2, 0.25) is 10.0 Å². The second kappa shape index (κ2) is 6.59. The van der Waals surface area contributed by atoms with Crippen molar-refractivity contribution >= 4 is 28.9 Å². The zero-order chi connectivity index (χ0) is 16.7. The third-order valence-corrected chi connectivity index (χ3v) is 5.92. The lowest BCUT2D eigenvalue weighted by Gasteiger charge is -2.37. The highest BCUT2D eigenvalue weighted by Crippen LogP contribution is 2.45. The van der Waals surface area contributed by atoms with Gasteiger partial charge in [-0.25, -0.2) is 0 Å². The fourth-order valence-corrected chi connectivity index (χ4v) is 4.52. The number of benzene rings is 2. The number of hydrogen-bond acceptors (Lipinski definition) is 2. The van der Waals surface area contributed by atoms with E-state index in [1.165, 1.54) is 29.8 Å². The molecule has 0 aromatic heterocycles. The quantitative estimate of drug-likeness (QED) is 0.772. The molecule has 2 nitrogen and oxygen atoms in total. The Kier molecular flexibility index (Phi) is 4.46. The maximum absolute atomic E-state index is 6.30. The largest absolute Gasteiger partial charge is 0.367 e. The van der Waals surface area contributed by atoms with Crippen LogP contribution in [-0.4, -0.2) is 37.6 Å². The molecule has 2 heterocycles. The first-order valence-electron chi connectivity index (χ1n) is 8.61. The maximum Gasteiger partial charge on any atom is 0.0426 e.